The molecule has 4 aromatic rings. The zero-order chi connectivity index (χ0) is 35.0. The highest BCUT2D eigenvalue weighted by Crippen LogP contribution is 2.41. The number of fused-ring (bicyclic) bond motifs is 2. The molecule has 2 aromatic carbocycles. The predicted molar refractivity (Wildman–Crippen MR) is 196 cm³/mol. The summed E-state index contributed by atoms with van der Waals surface area (Å²) in [4.78, 5) is 15.6. The van der Waals surface area contributed by atoms with E-state index in [4.69, 9.17) is 9.47 Å². The average Bonchev–Trinajstić information content (AvgIpc) is 3.45. The third kappa shape index (κ3) is 8.05. The summed E-state index contributed by atoms with van der Waals surface area (Å²) in [5.41, 5.74) is 3.49. The molecular weight excluding hydrogens is 666 g/mol. The Hall–Kier alpha value is -4.07. The number of nitrogens with one attached hydrogen (secondary N) is 3. The van der Waals surface area contributed by atoms with Crippen LogP contribution in [0.4, 0.5) is 16.2 Å². The van der Waals surface area contributed by atoms with Crippen LogP contribution >= 0.6 is 12.4 Å². The van der Waals surface area contributed by atoms with Gasteiger partial charge in [0.15, 0.2) is 17.2 Å². The van der Waals surface area contributed by atoms with E-state index in [-0.39, 0.29) is 52.7 Å². The minimum absolute atomic E-state index is 0. The molecule has 5 rings (SSSR count). The van der Waals surface area contributed by atoms with Gasteiger partial charge in [-0.2, -0.15) is 0 Å². The van der Waals surface area contributed by atoms with Crippen molar-refractivity contribution in [1.82, 2.24) is 24.8 Å². The highest BCUT2D eigenvalue weighted by Gasteiger charge is 2.32. The maximum atomic E-state index is 13.5. The van der Waals surface area contributed by atoms with Crippen LogP contribution in [-0.2, 0) is 21.0 Å². The fourth-order valence-corrected chi connectivity index (χ4v) is 6.38. The minimum Gasteiger partial charge on any atom is -0.492 e. The van der Waals surface area contributed by atoms with Crippen molar-refractivity contribution in [2.24, 2.45) is 0 Å². The zero-order valence-electron chi connectivity index (χ0n) is 29.6. The van der Waals surface area contributed by atoms with Gasteiger partial charge in [0.05, 0.1) is 42.0 Å². The van der Waals surface area contributed by atoms with Crippen molar-refractivity contribution in [2.75, 3.05) is 37.0 Å². The summed E-state index contributed by atoms with van der Waals surface area (Å²) in [6.45, 7) is 11.8. The van der Waals surface area contributed by atoms with E-state index in [0.29, 0.717) is 24.3 Å². The molecule has 0 fully saturated rings. The zero-order valence-corrected chi connectivity index (χ0v) is 31.3. The number of methoxy groups -OCH3 is 1. The van der Waals surface area contributed by atoms with Crippen LogP contribution in [0.5, 0.6) is 11.5 Å². The first-order valence-electron chi connectivity index (χ1n) is 16.1. The number of rotatable bonds is 10. The van der Waals surface area contributed by atoms with Crippen LogP contribution in [0, 0.1) is 0 Å². The van der Waals surface area contributed by atoms with Gasteiger partial charge >= 0.3 is 6.03 Å². The molecule has 1 aliphatic carbocycles. The molecule has 0 radical (unpaired) electrons. The standard InChI is InChI=1S/C35H47N7O5S.ClH/c1-10-48(44,45)40-28-20-22(34(2,3)4)19-27(31(28)46-9)37-33(43)36-26-16-17-29(25-14-12-11-13-24(25)26)47-23-15-18-30-38-39-32(42(30)21-23)35(5,6)41(7)8;/h11-15,18-21,26,29,40H,10,16-17H2,1-9H3,(H2,36,37,43);1H/t26-,29+;/m0./s1. The number of benzene rings is 2. The number of amides is 2. The molecule has 0 saturated heterocycles. The van der Waals surface area contributed by atoms with E-state index in [9.17, 15) is 13.2 Å². The topological polar surface area (TPSA) is 139 Å². The van der Waals surface area contributed by atoms with Crippen molar-refractivity contribution >= 4 is 45.5 Å². The number of anilines is 2. The molecule has 49 heavy (non-hydrogen) atoms. The SMILES string of the molecule is CCS(=O)(=O)Nc1cc(C(C)(C)C)cc(NC(=O)N[C@H]2CC[C@@H](Oc3ccc4nnc(C(C)(C)N(C)C)n4c3)c3ccccc32)c1OC.Cl. The molecule has 0 unspecified atom stereocenters. The van der Waals surface area contributed by atoms with E-state index < -0.39 is 16.1 Å². The Morgan fingerprint density at radius 3 is 2.31 bits per heavy atom. The number of ether oxygens (including phenoxy) is 2. The van der Waals surface area contributed by atoms with E-state index >= 15 is 0 Å². The number of nitrogens with zero attached hydrogens (tertiary/aromatic N) is 4. The van der Waals surface area contributed by atoms with Crippen molar-refractivity contribution in [3.63, 3.8) is 0 Å². The number of urea groups is 1. The molecule has 1 aliphatic rings. The molecule has 2 atom stereocenters. The Morgan fingerprint density at radius 2 is 1.67 bits per heavy atom. The summed E-state index contributed by atoms with van der Waals surface area (Å²) in [6, 6.07) is 14.6. The van der Waals surface area contributed by atoms with E-state index in [1.165, 1.54) is 7.11 Å². The van der Waals surface area contributed by atoms with Crippen molar-refractivity contribution < 1.29 is 22.7 Å². The average molecular weight is 714 g/mol. The molecule has 3 N–H and O–H groups in total. The third-order valence-electron chi connectivity index (χ3n) is 9.11. The first-order valence-corrected chi connectivity index (χ1v) is 17.8. The van der Waals surface area contributed by atoms with Crippen molar-refractivity contribution in [3.05, 3.63) is 77.2 Å². The normalized spacial score (nSPS) is 16.4. The predicted octanol–water partition coefficient (Wildman–Crippen LogP) is 6.79. The van der Waals surface area contributed by atoms with Crippen LogP contribution in [-0.4, -0.2) is 60.9 Å². The van der Waals surface area contributed by atoms with E-state index in [2.05, 4.69) is 44.3 Å². The quantitative estimate of drug-likeness (QED) is 0.163. The van der Waals surface area contributed by atoms with Gasteiger partial charge in [0.25, 0.3) is 0 Å². The number of halogens is 1. The van der Waals surface area contributed by atoms with Crippen LogP contribution in [0.1, 0.15) is 89.0 Å². The van der Waals surface area contributed by atoms with Gasteiger partial charge in [0, 0.05) is 0 Å². The lowest BCUT2D eigenvalue weighted by Crippen LogP contribution is -2.37. The van der Waals surface area contributed by atoms with Gasteiger partial charge < -0.3 is 20.1 Å². The summed E-state index contributed by atoms with van der Waals surface area (Å²) in [5.74, 6) is 1.64. The van der Waals surface area contributed by atoms with Gasteiger partial charge in [0.2, 0.25) is 10.0 Å². The number of carbonyl (C=O) groups excluding carboxylic acids is 1. The van der Waals surface area contributed by atoms with Gasteiger partial charge in [-0.3, -0.25) is 14.0 Å². The lowest BCUT2D eigenvalue weighted by atomic mass is 9.85. The second kappa shape index (κ2) is 14.4. The van der Waals surface area contributed by atoms with Crippen LogP contribution in [0.25, 0.3) is 5.65 Å². The summed E-state index contributed by atoms with van der Waals surface area (Å²) >= 11 is 0. The highest BCUT2D eigenvalue weighted by molar-refractivity contribution is 7.92. The molecular formula is C35H48ClN7O5S. The lowest BCUT2D eigenvalue weighted by molar-refractivity contribution is 0.170. The highest BCUT2D eigenvalue weighted by atomic mass is 35.5. The molecule has 12 nitrogen and oxygen atoms in total. The molecule has 14 heteroatoms. The van der Waals surface area contributed by atoms with E-state index in [1.54, 1.807) is 13.0 Å². The number of pyridine rings is 1. The van der Waals surface area contributed by atoms with Crippen LogP contribution in [0.15, 0.2) is 54.7 Å². The Bertz CT molecular complexity index is 1920. The smallest absolute Gasteiger partial charge is 0.319 e. The largest absolute Gasteiger partial charge is 0.492 e. The maximum absolute atomic E-state index is 13.5. The van der Waals surface area contributed by atoms with Crippen LogP contribution in [0.3, 0.4) is 0 Å². The summed E-state index contributed by atoms with van der Waals surface area (Å²) < 4.78 is 41.8. The second-order valence-electron chi connectivity index (χ2n) is 13.9. The Balaban J connectivity index is 0.00000541. The first-order chi connectivity index (χ1) is 22.5. The molecule has 2 heterocycles. The fraction of sp³-hybridized carbons (Fsp3) is 0.457. The van der Waals surface area contributed by atoms with E-state index in [0.717, 1.165) is 28.2 Å². The summed E-state index contributed by atoms with van der Waals surface area (Å²) in [5, 5.41) is 14.9. The molecule has 0 spiro atoms. The number of hydrogen-bond acceptors (Lipinski definition) is 8. The monoisotopic (exact) mass is 713 g/mol. The van der Waals surface area contributed by atoms with Gasteiger partial charge in [0.1, 0.15) is 11.9 Å². The minimum atomic E-state index is -3.60. The number of hydrogen-bond donors (Lipinski definition) is 3. The van der Waals surface area contributed by atoms with Crippen molar-refractivity contribution in [2.45, 2.75) is 77.5 Å². The van der Waals surface area contributed by atoms with Crippen molar-refractivity contribution in [3.8, 4) is 11.5 Å². The number of carbonyl (C=O) groups is 1. The van der Waals surface area contributed by atoms with Crippen LogP contribution in [0.2, 0.25) is 0 Å². The van der Waals surface area contributed by atoms with Gasteiger partial charge in [-0.25, -0.2) is 13.2 Å². The van der Waals surface area contributed by atoms with Crippen LogP contribution < -0.4 is 24.8 Å². The number of sulfonamides is 1. The molecule has 266 valence electrons. The van der Waals surface area contributed by atoms with E-state index in [1.807, 2.05) is 87.9 Å². The summed E-state index contributed by atoms with van der Waals surface area (Å²) in [6.07, 6.45) is 3.02. The van der Waals surface area contributed by atoms with Gasteiger partial charge in [-0.15, -0.1) is 22.6 Å². The maximum Gasteiger partial charge on any atom is 0.319 e. The first kappa shape index (κ1) is 37.7. The molecule has 0 saturated carbocycles. The third-order valence-corrected chi connectivity index (χ3v) is 10.4. The number of aromatic nitrogens is 3. The Morgan fingerprint density at radius 1 is 1.00 bits per heavy atom. The lowest BCUT2D eigenvalue weighted by Gasteiger charge is -2.33. The molecule has 2 aromatic heterocycles. The van der Waals surface area contributed by atoms with Gasteiger partial charge in [-0.05, 0) is 94.1 Å². The summed E-state index contributed by atoms with van der Waals surface area (Å²) in [7, 11) is 1.88. The Labute approximate surface area is 295 Å². The fourth-order valence-electron chi connectivity index (χ4n) is 5.75. The van der Waals surface area contributed by atoms with Gasteiger partial charge in [-0.1, -0.05) is 45.0 Å². The Kier molecular flexibility index (Phi) is 11.1. The second-order valence-corrected chi connectivity index (χ2v) is 15.9. The molecule has 0 bridgehead atoms. The molecule has 0 aliphatic heterocycles. The van der Waals surface area contributed by atoms with Crippen molar-refractivity contribution in [1.29, 1.82) is 0 Å². The molecule has 2 amide bonds.